The Morgan fingerprint density at radius 2 is 1.85 bits per heavy atom. The van der Waals surface area contributed by atoms with E-state index in [0.29, 0.717) is 13.0 Å². The minimum atomic E-state index is -0.831. The van der Waals surface area contributed by atoms with Gasteiger partial charge < -0.3 is 14.9 Å². The van der Waals surface area contributed by atoms with Crippen molar-refractivity contribution in [3.63, 3.8) is 0 Å². The molecule has 27 heavy (non-hydrogen) atoms. The second-order valence-electron chi connectivity index (χ2n) is 8.30. The molecular formula is C21H28N2O3S. The van der Waals surface area contributed by atoms with Crippen LogP contribution in [-0.4, -0.2) is 64.8 Å². The topological polar surface area (TPSA) is 60.9 Å². The summed E-state index contributed by atoms with van der Waals surface area (Å²) in [5, 5.41) is 9.62. The lowest BCUT2D eigenvalue weighted by Gasteiger charge is -2.39. The van der Waals surface area contributed by atoms with E-state index in [0.717, 1.165) is 51.1 Å². The minimum absolute atomic E-state index is 0.0106. The maximum atomic E-state index is 12.5. The average molecular weight is 389 g/mol. The molecule has 1 atom stereocenters. The fourth-order valence-electron chi connectivity index (χ4n) is 4.50. The molecule has 146 valence electrons. The first-order chi connectivity index (χ1) is 13.1. The SMILES string of the molecule is O=C(O)[C@H]1CC2(CCN(CCSc3ccccc3)CC2)CN1C(=O)C1CC1. The van der Waals surface area contributed by atoms with Crippen LogP contribution in [0.5, 0.6) is 0 Å². The Morgan fingerprint density at radius 3 is 2.48 bits per heavy atom. The van der Waals surface area contributed by atoms with Gasteiger partial charge in [-0.3, -0.25) is 4.79 Å². The number of carboxylic acid groups (broad SMARTS) is 1. The van der Waals surface area contributed by atoms with Gasteiger partial charge in [0, 0.05) is 29.7 Å². The Bertz CT molecular complexity index is 684. The van der Waals surface area contributed by atoms with E-state index < -0.39 is 12.0 Å². The Kier molecular flexibility index (Phi) is 5.46. The van der Waals surface area contributed by atoms with E-state index in [2.05, 4.69) is 29.2 Å². The Balaban J connectivity index is 1.28. The summed E-state index contributed by atoms with van der Waals surface area (Å²) < 4.78 is 0. The van der Waals surface area contributed by atoms with E-state index in [1.54, 1.807) is 4.90 Å². The Hall–Kier alpha value is -1.53. The molecule has 2 saturated heterocycles. The third-order valence-corrected chi connectivity index (χ3v) is 7.33. The first-order valence-electron chi connectivity index (χ1n) is 10.00. The van der Waals surface area contributed by atoms with Gasteiger partial charge in [-0.2, -0.15) is 0 Å². The fourth-order valence-corrected chi connectivity index (χ4v) is 5.43. The number of carbonyl (C=O) groups is 2. The third kappa shape index (κ3) is 4.32. The highest BCUT2D eigenvalue weighted by molar-refractivity contribution is 7.99. The van der Waals surface area contributed by atoms with Crippen molar-refractivity contribution in [2.24, 2.45) is 11.3 Å². The summed E-state index contributed by atoms with van der Waals surface area (Å²) in [6.45, 7) is 3.72. The van der Waals surface area contributed by atoms with Gasteiger partial charge in [0.1, 0.15) is 6.04 Å². The Labute approximate surface area is 165 Å². The number of carbonyl (C=O) groups excluding carboxylic acids is 1. The lowest BCUT2D eigenvalue weighted by molar-refractivity contribution is -0.148. The van der Waals surface area contributed by atoms with Gasteiger partial charge in [-0.05, 0) is 62.7 Å². The second-order valence-corrected chi connectivity index (χ2v) is 9.47. The summed E-state index contributed by atoms with van der Waals surface area (Å²) in [6.07, 6.45) is 4.50. The molecule has 1 aliphatic carbocycles. The normalized spacial score (nSPS) is 25.0. The minimum Gasteiger partial charge on any atom is -0.480 e. The van der Waals surface area contributed by atoms with Crippen LogP contribution in [0.1, 0.15) is 32.1 Å². The summed E-state index contributed by atoms with van der Waals surface area (Å²) in [7, 11) is 0. The van der Waals surface area contributed by atoms with Crippen molar-refractivity contribution >= 4 is 23.6 Å². The quantitative estimate of drug-likeness (QED) is 0.759. The van der Waals surface area contributed by atoms with Crippen molar-refractivity contribution in [2.75, 3.05) is 31.9 Å². The molecule has 5 nitrogen and oxygen atoms in total. The number of nitrogens with zero attached hydrogens (tertiary/aromatic N) is 2. The van der Waals surface area contributed by atoms with Crippen LogP contribution in [0.4, 0.5) is 0 Å². The van der Waals surface area contributed by atoms with E-state index in [1.165, 1.54) is 4.90 Å². The molecule has 3 fully saturated rings. The molecule has 1 saturated carbocycles. The second kappa shape index (κ2) is 7.84. The number of benzene rings is 1. The van der Waals surface area contributed by atoms with E-state index in [-0.39, 0.29) is 17.2 Å². The predicted molar refractivity (Wildman–Crippen MR) is 106 cm³/mol. The van der Waals surface area contributed by atoms with Gasteiger partial charge in [-0.25, -0.2) is 4.79 Å². The monoisotopic (exact) mass is 388 g/mol. The maximum Gasteiger partial charge on any atom is 0.326 e. The van der Waals surface area contributed by atoms with Gasteiger partial charge in [0.15, 0.2) is 0 Å². The summed E-state index contributed by atoms with van der Waals surface area (Å²) >= 11 is 1.88. The number of hydrogen-bond donors (Lipinski definition) is 1. The molecule has 1 aromatic carbocycles. The standard InChI is InChI=1S/C21H28N2O3S/c24-19(16-6-7-16)23-15-21(14-18(23)20(25)26)8-10-22(11-9-21)12-13-27-17-4-2-1-3-5-17/h1-5,16,18H,6-15H2,(H,25,26)/t18-/m1/s1. The van der Waals surface area contributed by atoms with Crippen molar-refractivity contribution in [2.45, 2.75) is 43.0 Å². The van der Waals surface area contributed by atoms with Crippen LogP contribution in [0.25, 0.3) is 0 Å². The highest BCUT2D eigenvalue weighted by Crippen LogP contribution is 2.45. The lowest BCUT2D eigenvalue weighted by atomic mass is 9.76. The van der Waals surface area contributed by atoms with Crippen LogP contribution in [0.15, 0.2) is 35.2 Å². The van der Waals surface area contributed by atoms with Gasteiger partial charge in [-0.1, -0.05) is 18.2 Å². The average Bonchev–Trinajstić information content (AvgIpc) is 3.46. The van der Waals surface area contributed by atoms with Crippen molar-refractivity contribution in [1.29, 1.82) is 0 Å². The molecule has 2 aliphatic heterocycles. The zero-order valence-corrected chi connectivity index (χ0v) is 16.5. The van der Waals surface area contributed by atoms with Crippen LogP contribution in [0.3, 0.4) is 0 Å². The number of carboxylic acids is 1. The molecule has 1 spiro atoms. The molecule has 0 aromatic heterocycles. The van der Waals surface area contributed by atoms with E-state index in [9.17, 15) is 14.7 Å². The molecular weight excluding hydrogens is 360 g/mol. The first kappa shape index (κ1) is 18.8. The molecule has 0 radical (unpaired) electrons. The summed E-state index contributed by atoms with van der Waals surface area (Å²) in [5.74, 6) is 0.418. The van der Waals surface area contributed by atoms with E-state index in [1.807, 2.05) is 17.8 Å². The number of thioether (sulfide) groups is 1. The van der Waals surface area contributed by atoms with Crippen molar-refractivity contribution in [3.05, 3.63) is 30.3 Å². The van der Waals surface area contributed by atoms with Crippen molar-refractivity contribution in [1.82, 2.24) is 9.80 Å². The maximum absolute atomic E-state index is 12.5. The predicted octanol–water partition coefficient (Wildman–Crippen LogP) is 2.96. The van der Waals surface area contributed by atoms with E-state index in [4.69, 9.17) is 0 Å². The summed E-state index contributed by atoms with van der Waals surface area (Å²) in [6, 6.07) is 9.86. The summed E-state index contributed by atoms with van der Waals surface area (Å²) in [4.78, 5) is 29.7. The number of hydrogen-bond acceptors (Lipinski definition) is 4. The van der Waals surface area contributed by atoms with Gasteiger partial charge in [-0.15, -0.1) is 11.8 Å². The zero-order chi connectivity index (χ0) is 18.9. The molecule has 1 N–H and O–H groups in total. The van der Waals surface area contributed by atoms with Crippen LogP contribution >= 0.6 is 11.8 Å². The van der Waals surface area contributed by atoms with E-state index >= 15 is 0 Å². The number of amides is 1. The molecule has 0 bridgehead atoms. The Morgan fingerprint density at radius 1 is 1.15 bits per heavy atom. The van der Waals surface area contributed by atoms with Crippen LogP contribution in [-0.2, 0) is 9.59 Å². The number of piperidine rings is 1. The molecule has 3 aliphatic rings. The number of likely N-dealkylation sites (tertiary alicyclic amines) is 2. The number of aliphatic carboxylic acids is 1. The van der Waals surface area contributed by atoms with Crippen LogP contribution in [0, 0.1) is 11.3 Å². The van der Waals surface area contributed by atoms with Crippen molar-refractivity contribution < 1.29 is 14.7 Å². The molecule has 1 amide bonds. The molecule has 2 heterocycles. The molecule has 0 unspecified atom stereocenters. The molecule has 6 heteroatoms. The molecule has 1 aromatic rings. The largest absolute Gasteiger partial charge is 0.480 e. The highest BCUT2D eigenvalue weighted by Gasteiger charge is 2.51. The molecule has 4 rings (SSSR count). The zero-order valence-electron chi connectivity index (χ0n) is 15.7. The first-order valence-corrected chi connectivity index (χ1v) is 11.0. The highest BCUT2D eigenvalue weighted by atomic mass is 32.2. The van der Waals surface area contributed by atoms with Crippen molar-refractivity contribution in [3.8, 4) is 0 Å². The van der Waals surface area contributed by atoms with Gasteiger partial charge in [0.05, 0.1) is 0 Å². The van der Waals surface area contributed by atoms with Gasteiger partial charge in [0.25, 0.3) is 0 Å². The van der Waals surface area contributed by atoms with Crippen LogP contribution < -0.4 is 0 Å². The smallest absolute Gasteiger partial charge is 0.326 e. The van der Waals surface area contributed by atoms with Gasteiger partial charge in [0.2, 0.25) is 5.91 Å². The number of rotatable bonds is 6. The fraction of sp³-hybridized carbons (Fsp3) is 0.619. The van der Waals surface area contributed by atoms with Gasteiger partial charge >= 0.3 is 5.97 Å². The van der Waals surface area contributed by atoms with Crippen LogP contribution in [0.2, 0.25) is 0 Å². The third-order valence-electron chi connectivity index (χ3n) is 6.34. The summed E-state index contributed by atoms with van der Waals surface area (Å²) in [5.41, 5.74) is 0.0106. The lowest BCUT2D eigenvalue weighted by Crippen LogP contribution is -2.43.